The van der Waals surface area contributed by atoms with Gasteiger partial charge in [-0.1, -0.05) is 29.8 Å². The lowest BCUT2D eigenvalue weighted by atomic mass is 9.98. The van der Waals surface area contributed by atoms with Crippen molar-refractivity contribution < 1.29 is 14.7 Å². The number of hydrogen-bond acceptors (Lipinski definition) is 3. The summed E-state index contributed by atoms with van der Waals surface area (Å²) >= 11 is 0. The fourth-order valence-electron chi connectivity index (χ4n) is 2.23. The van der Waals surface area contributed by atoms with Crippen LogP contribution in [0, 0.1) is 12.8 Å². The van der Waals surface area contributed by atoms with E-state index in [1.54, 1.807) is 10.9 Å². The third-order valence-electron chi connectivity index (χ3n) is 3.68. The Hall–Kier alpha value is -2.63. The molecule has 2 rings (SSSR count). The van der Waals surface area contributed by atoms with Crippen molar-refractivity contribution in [2.24, 2.45) is 5.92 Å². The van der Waals surface area contributed by atoms with Gasteiger partial charge >= 0.3 is 5.97 Å². The summed E-state index contributed by atoms with van der Waals surface area (Å²) in [6, 6.07) is 7.73. The van der Waals surface area contributed by atoms with Crippen molar-refractivity contribution in [1.29, 1.82) is 0 Å². The fraction of sp³-hybridized carbons (Fsp3) is 0.353. The van der Waals surface area contributed by atoms with Gasteiger partial charge in [-0.15, -0.1) is 0 Å². The Morgan fingerprint density at radius 1 is 1.30 bits per heavy atom. The van der Waals surface area contributed by atoms with Gasteiger partial charge in [0.15, 0.2) is 0 Å². The zero-order valence-corrected chi connectivity index (χ0v) is 13.3. The van der Waals surface area contributed by atoms with E-state index in [-0.39, 0.29) is 12.5 Å². The minimum Gasteiger partial charge on any atom is -0.481 e. The van der Waals surface area contributed by atoms with Crippen molar-refractivity contribution >= 4 is 11.9 Å². The second-order valence-electron chi connectivity index (χ2n) is 5.52. The Labute approximate surface area is 135 Å². The molecule has 1 amide bonds. The predicted molar refractivity (Wildman–Crippen MR) is 86.2 cm³/mol. The van der Waals surface area contributed by atoms with E-state index < -0.39 is 11.9 Å². The van der Waals surface area contributed by atoms with Gasteiger partial charge in [0, 0.05) is 19.3 Å². The first-order valence-corrected chi connectivity index (χ1v) is 7.58. The van der Waals surface area contributed by atoms with Crippen molar-refractivity contribution in [3.05, 3.63) is 53.3 Å². The van der Waals surface area contributed by atoms with Crippen molar-refractivity contribution in [3.8, 4) is 0 Å². The Balaban J connectivity index is 1.95. The standard InChI is InChI=1S/C17H21N3O3/c1-3-20-11-15(10-19-20)16(21)18-9-14(17(22)23)8-13-6-4-12(2)5-7-13/h4-7,10-11,14H,3,8-9H2,1-2H3,(H,18,21)(H,22,23)/t14-/m1/s1. The molecule has 0 aliphatic carbocycles. The van der Waals surface area contributed by atoms with E-state index in [4.69, 9.17) is 0 Å². The first kappa shape index (κ1) is 16.7. The SMILES string of the molecule is CCn1cc(C(=O)NC[C@@H](Cc2ccc(C)cc2)C(=O)O)cn1. The number of nitrogens with zero attached hydrogens (tertiary/aromatic N) is 2. The molecule has 0 bridgehead atoms. The van der Waals surface area contributed by atoms with Crippen molar-refractivity contribution in [2.45, 2.75) is 26.8 Å². The average Bonchev–Trinajstić information content (AvgIpc) is 3.01. The Kier molecular flexibility index (Phi) is 5.51. The molecular weight excluding hydrogens is 294 g/mol. The van der Waals surface area contributed by atoms with E-state index in [1.165, 1.54) is 6.20 Å². The summed E-state index contributed by atoms with van der Waals surface area (Å²) in [6.45, 7) is 4.67. The lowest BCUT2D eigenvalue weighted by Gasteiger charge is -2.13. The number of carbonyl (C=O) groups is 2. The molecule has 0 saturated carbocycles. The molecule has 1 atom stereocenters. The molecule has 0 unspecified atom stereocenters. The van der Waals surface area contributed by atoms with Gasteiger partial charge in [-0.3, -0.25) is 14.3 Å². The molecule has 0 aliphatic heterocycles. The van der Waals surface area contributed by atoms with Gasteiger partial charge in [0.25, 0.3) is 5.91 Å². The molecule has 2 N–H and O–H groups in total. The Morgan fingerprint density at radius 2 is 2.00 bits per heavy atom. The summed E-state index contributed by atoms with van der Waals surface area (Å²) in [6.07, 6.45) is 3.50. The molecule has 0 spiro atoms. The van der Waals surface area contributed by atoms with Crippen LogP contribution in [0.4, 0.5) is 0 Å². The maximum absolute atomic E-state index is 12.0. The van der Waals surface area contributed by atoms with E-state index in [2.05, 4.69) is 10.4 Å². The molecule has 122 valence electrons. The normalized spacial score (nSPS) is 11.9. The maximum Gasteiger partial charge on any atom is 0.308 e. The molecule has 1 aromatic heterocycles. The molecule has 23 heavy (non-hydrogen) atoms. The van der Waals surface area contributed by atoms with E-state index in [0.717, 1.165) is 11.1 Å². The number of carbonyl (C=O) groups excluding carboxylic acids is 1. The van der Waals surface area contributed by atoms with Crippen LogP contribution >= 0.6 is 0 Å². The highest BCUT2D eigenvalue weighted by Gasteiger charge is 2.19. The third-order valence-corrected chi connectivity index (χ3v) is 3.68. The highest BCUT2D eigenvalue weighted by molar-refractivity contribution is 5.93. The van der Waals surface area contributed by atoms with Crippen LogP contribution in [0.3, 0.4) is 0 Å². The molecular formula is C17H21N3O3. The lowest BCUT2D eigenvalue weighted by molar-refractivity contribution is -0.141. The Bertz CT molecular complexity index is 677. The highest BCUT2D eigenvalue weighted by Crippen LogP contribution is 2.10. The van der Waals surface area contributed by atoms with Gasteiger partial charge in [-0.25, -0.2) is 0 Å². The number of aromatic nitrogens is 2. The first-order valence-electron chi connectivity index (χ1n) is 7.58. The topological polar surface area (TPSA) is 84.2 Å². The molecule has 0 radical (unpaired) electrons. The number of amides is 1. The smallest absolute Gasteiger partial charge is 0.308 e. The number of benzene rings is 1. The summed E-state index contributed by atoms with van der Waals surface area (Å²) in [5.41, 5.74) is 2.50. The van der Waals surface area contributed by atoms with Crippen LogP contribution in [-0.4, -0.2) is 33.3 Å². The van der Waals surface area contributed by atoms with Crippen molar-refractivity contribution in [3.63, 3.8) is 0 Å². The van der Waals surface area contributed by atoms with Crippen LogP contribution < -0.4 is 5.32 Å². The van der Waals surface area contributed by atoms with Gasteiger partial charge in [-0.05, 0) is 25.8 Å². The van der Waals surface area contributed by atoms with Gasteiger partial charge in [0.05, 0.1) is 17.7 Å². The monoisotopic (exact) mass is 315 g/mol. The van der Waals surface area contributed by atoms with E-state index in [9.17, 15) is 14.7 Å². The molecule has 0 aliphatic rings. The number of rotatable bonds is 7. The summed E-state index contributed by atoms with van der Waals surface area (Å²) in [7, 11) is 0. The lowest BCUT2D eigenvalue weighted by Crippen LogP contribution is -2.34. The van der Waals surface area contributed by atoms with Crippen LogP contribution in [0.5, 0.6) is 0 Å². The highest BCUT2D eigenvalue weighted by atomic mass is 16.4. The quantitative estimate of drug-likeness (QED) is 0.817. The van der Waals surface area contributed by atoms with E-state index in [1.807, 2.05) is 38.1 Å². The first-order chi connectivity index (χ1) is 11.0. The molecule has 6 heteroatoms. The fourth-order valence-corrected chi connectivity index (χ4v) is 2.23. The second-order valence-corrected chi connectivity index (χ2v) is 5.52. The summed E-state index contributed by atoms with van der Waals surface area (Å²) in [4.78, 5) is 23.4. The molecule has 0 saturated heterocycles. The van der Waals surface area contributed by atoms with Crippen LogP contribution in [0.25, 0.3) is 0 Å². The number of aryl methyl sites for hydroxylation is 2. The van der Waals surface area contributed by atoms with Crippen molar-refractivity contribution in [2.75, 3.05) is 6.54 Å². The van der Waals surface area contributed by atoms with Crippen LogP contribution in [0.1, 0.15) is 28.4 Å². The number of hydrogen-bond donors (Lipinski definition) is 2. The van der Waals surface area contributed by atoms with Crippen LogP contribution in [0.2, 0.25) is 0 Å². The Morgan fingerprint density at radius 3 is 2.57 bits per heavy atom. The zero-order chi connectivity index (χ0) is 16.8. The van der Waals surface area contributed by atoms with Gasteiger partial charge < -0.3 is 10.4 Å². The minimum absolute atomic E-state index is 0.0827. The van der Waals surface area contributed by atoms with Gasteiger partial charge in [0.2, 0.25) is 0 Å². The molecule has 6 nitrogen and oxygen atoms in total. The van der Waals surface area contributed by atoms with Gasteiger partial charge in [-0.2, -0.15) is 5.10 Å². The molecule has 0 fully saturated rings. The van der Waals surface area contributed by atoms with E-state index >= 15 is 0 Å². The van der Waals surface area contributed by atoms with Crippen LogP contribution in [0.15, 0.2) is 36.7 Å². The third kappa shape index (κ3) is 4.67. The van der Waals surface area contributed by atoms with E-state index in [0.29, 0.717) is 18.5 Å². The number of aliphatic carboxylic acids is 1. The van der Waals surface area contributed by atoms with Gasteiger partial charge in [0.1, 0.15) is 0 Å². The number of carboxylic acid groups (broad SMARTS) is 1. The number of nitrogens with one attached hydrogen (secondary N) is 1. The maximum atomic E-state index is 12.0. The second kappa shape index (κ2) is 7.58. The van der Waals surface area contributed by atoms with Crippen molar-refractivity contribution in [1.82, 2.24) is 15.1 Å². The number of carboxylic acids is 1. The summed E-state index contributed by atoms with van der Waals surface area (Å²) < 4.78 is 1.65. The zero-order valence-electron chi connectivity index (χ0n) is 13.3. The molecule has 1 heterocycles. The minimum atomic E-state index is -0.921. The average molecular weight is 315 g/mol. The molecule has 2 aromatic rings. The molecule has 1 aromatic carbocycles. The predicted octanol–water partition coefficient (Wildman–Crippen LogP) is 1.88. The summed E-state index contributed by atoms with van der Waals surface area (Å²) in [5.74, 6) is -1.89. The van der Waals surface area contributed by atoms with Crippen LogP contribution in [-0.2, 0) is 17.8 Å². The summed E-state index contributed by atoms with van der Waals surface area (Å²) in [5, 5.41) is 16.1. The largest absolute Gasteiger partial charge is 0.481 e.